The van der Waals surface area contributed by atoms with E-state index in [0.29, 0.717) is 6.04 Å². The van der Waals surface area contributed by atoms with Crippen molar-refractivity contribution in [2.75, 3.05) is 21.3 Å². The van der Waals surface area contributed by atoms with Crippen LogP contribution in [0.2, 0.25) is 0 Å². The lowest BCUT2D eigenvalue weighted by Gasteiger charge is -2.46. The lowest BCUT2D eigenvalue weighted by molar-refractivity contribution is 0.107. The predicted octanol–water partition coefficient (Wildman–Crippen LogP) is 3.11. The molecule has 0 aromatic heterocycles. The highest BCUT2D eigenvalue weighted by atomic mass is 16.6. The first-order valence-corrected chi connectivity index (χ1v) is 8.71. The average molecular weight is 327 g/mol. The van der Waals surface area contributed by atoms with Crippen LogP contribution in [0.5, 0.6) is 11.5 Å². The fourth-order valence-corrected chi connectivity index (χ4v) is 4.88. The Labute approximate surface area is 143 Å². The molecule has 0 fully saturated rings. The molecule has 4 nitrogen and oxygen atoms in total. The van der Waals surface area contributed by atoms with Crippen LogP contribution in [-0.4, -0.2) is 33.4 Å². The monoisotopic (exact) mass is 327 g/mol. The SMILES string of the molecule is CCC[C@@]12C3=CC=C(OC)[C@@H]1Oc1c(OC)ccc(c12)C[C@H]3NC. The number of hydrogen-bond acceptors (Lipinski definition) is 4. The van der Waals surface area contributed by atoms with Crippen LogP contribution in [0.25, 0.3) is 0 Å². The fraction of sp³-hybridized carbons (Fsp3) is 0.500. The van der Waals surface area contributed by atoms with Gasteiger partial charge in [-0.1, -0.05) is 25.5 Å². The summed E-state index contributed by atoms with van der Waals surface area (Å²) in [5.41, 5.74) is 3.93. The van der Waals surface area contributed by atoms with Gasteiger partial charge in [-0.05, 0) is 43.2 Å². The molecule has 0 radical (unpaired) electrons. The molecule has 24 heavy (non-hydrogen) atoms. The van der Waals surface area contributed by atoms with Crippen LogP contribution in [0, 0.1) is 0 Å². The van der Waals surface area contributed by atoms with Gasteiger partial charge in [0.2, 0.25) is 0 Å². The van der Waals surface area contributed by atoms with E-state index in [-0.39, 0.29) is 11.5 Å². The van der Waals surface area contributed by atoms with Crippen LogP contribution in [0.15, 0.2) is 35.6 Å². The molecule has 1 aromatic carbocycles. The summed E-state index contributed by atoms with van der Waals surface area (Å²) in [6, 6.07) is 4.55. The number of ether oxygens (including phenoxy) is 3. The van der Waals surface area contributed by atoms with E-state index in [0.717, 1.165) is 36.5 Å². The molecule has 1 aliphatic heterocycles. The van der Waals surface area contributed by atoms with Crippen molar-refractivity contribution < 1.29 is 14.2 Å². The summed E-state index contributed by atoms with van der Waals surface area (Å²) in [5, 5.41) is 3.51. The minimum absolute atomic E-state index is 0.108. The standard InChI is InChI=1S/C20H25NO3/c1-5-10-20-13-7-9-16(23-4)19(20)24-18-15(22-3)8-6-12(17(18)20)11-14(13)21-2/h6-9,14,19,21H,5,10-11H2,1-4H3/t14-,19+,20+/m1/s1. The van der Waals surface area contributed by atoms with E-state index in [1.54, 1.807) is 14.2 Å². The number of likely N-dealkylation sites (N-methyl/N-ethyl adjacent to an activating group) is 1. The van der Waals surface area contributed by atoms with Crippen molar-refractivity contribution >= 4 is 0 Å². The van der Waals surface area contributed by atoms with Gasteiger partial charge >= 0.3 is 0 Å². The molecule has 3 aliphatic rings. The first-order valence-electron chi connectivity index (χ1n) is 8.71. The van der Waals surface area contributed by atoms with Gasteiger partial charge in [0.15, 0.2) is 17.6 Å². The Bertz CT molecular complexity index is 737. The number of hydrogen-bond donors (Lipinski definition) is 1. The van der Waals surface area contributed by atoms with Gasteiger partial charge in [0, 0.05) is 11.6 Å². The van der Waals surface area contributed by atoms with Crippen LogP contribution >= 0.6 is 0 Å². The van der Waals surface area contributed by atoms with E-state index >= 15 is 0 Å². The second-order valence-electron chi connectivity index (χ2n) is 6.79. The fourth-order valence-electron chi connectivity index (χ4n) is 4.88. The first-order chi connectivity index (χ1) is 11.7. The van der Waals surface area contributed by atoms with Crippen LogP contribution < -0.4 is 14.8 Å². The summed E-state index contributed by atoms with van der Waals surface area (Å²) in [7, 11) is 5.48. The summed E-state index contributed by atoms with van der Waals surface area (Å²) in [6.45, 7) is 2.24. The highest BCUT2D eigenvalue weighted by Gasteiger charge is 2.59. The maximum absolute atomic E-state index is 6.49. The summed E-state index contributed by atoms with van der Waals surface area (Å²) >= 11 is 0. The third kappa shape index (κ3) is 1.78. The first kappa shape index (κ1) is 15.6. The quantitative estimate of drug-likeness (QED) is 0.902. The molecular weight excluding hydrogens is 302 g/mol. The second kappa shape index (κ2) is 5.55. The van der Waals surface area contributed by atoms with Gasteiger partial charge in [0.25, 0.3) is 0 Å². The normalized spacial score (nSPS) is 29.3. The van der Waals surface area contributed by atoms with E-state index < -0.39 is 0 Å². The molecule has 0 spiro atoms. The summed E-state index contributed by atoms with van der Waals surface area (Å²) < 4.78 is 17.8. The van der Waals surface area contributed by atoms with Gasteiger partial charge in [0.05, 0.1) is 19.6 Å². The maximum Gasteiger partial charge on any atom is 0.169 e. The zero-order valence-corrected chi connectivity index (χ0v) is 14.8. The zero-order chi connectivity index (χ0) is 16.9. The van der Waals surface area contributed by atoms with Crippen molar-refractivity contribution in [1.82, 2.24) is 5.32 Å². The van der Waals surface area contributed by atoms with Crippen LogP contribution in [-0.2, 0) is 16.6 Å². The molecule has 0 unspecified atom stereocenters. The molecule has 1 heterocycles. The van der Waals surface area contributed by atoms with Crippen molar-refractivity contribution in [2.45, 2.75) is 43.7 Å². The summed E-state index contributed by atoms with van der Waals surface area (Å²) in [4.78, 5) is 0. The van der Waals surface area contributed by atoms with E-state index in [1.165, 1.54) is 16.7 Å². The third-order valence-corrected chi connectivity index (χ3v) is 5.79. The number of benzene rings is 1. The van der Waals surface area contributed by atoms with Crippen LogP contribution in [0.3, 0.4) is 0 Å². The van der Waals surface area contributed by atoms with Crippen LogP contribution in [0.1, 0.15) is 30.9 Å². The zero-order valence-electron chi connectivity index (χ0n) is 14.8. The van der Waals surface area contributed by atoms with Gasteiger partial charge < -0.3 is 19.5 Å². The number of methoxy groups -OCH3 is 2. The summed E-state index contributed by atoms with van der Waals surface area (Å²) in [5.74, 6) is 2.61. The Balaban J connectivity index is 2.03. The largest absolute Gasteiger partial charge is 0.497 e. The van der Waals surface area contributed by atoms with E-state index in [1.807, 2.05) is 13.1 Å². The summed E-state index contributed by atoms with van der Waals surface area (Å²) in [6.07, 6.45) is 7.31. The van der Waals surface area contributed by atoms with Crippen molar-refractivity contribution in [2.24, 2.45) is 0 Å². The highest BCUT2D eigenvalue weighted by Crippen LogP contribution is 2.60. The molecule has 1 aromatic rings. The third-order valence-electron chi connectivity index (χ3n) is 5.79. The molecule has 4 rings (SSSR count). The van der Waals surface area contributed by atoms with Crippen molar-refractivity contribution in [3.63, 3.8) is 0 Å². The second-order valence-corrected chi connectivity index (χ2v) is 6.79. The number of nitrogens with one attached hydrogen (secondary N) is 1. The van der Waals surface area contributed by atoms with Gasteiger partial charge in [-0.15, -0.1) is 0 Å². The van der Waals surface area contributed by atoms with Gasteiger partial charge in [-0.25, -0.2) is 0 Å². The topological polar surface area (TPSA) is 39.7 Å². The van der Waals surface area contributed by atoms with E-state index in [4.69, 9.17) is 14.2 Å². The lowest BCUT2D eigenvalue weighted by atomic mass is 9.59. The lowest BCUT2D eigenvalue weighted by Crippen LogP contribution is -2.52. The molecule has 0 bridgehead atoms. The molecule has 4 heteroatoms. The van der Waals surface area contributed by atoms with Gasteiger partial charge in [-0.3, -0.25) is 0 Å². The predicted molar refractivity (Wildman–Crippen MR) is 93.7 cm³/mol. The minimum Gasteiger partial charge on any atom is -0.497 e. The Morgan fingerprint density at radius 3 is 2.75 bits per heavy atom. The number of allylic oxidation sites excluding steroid dienone is 2. The number of rotatable bonds is 5. The molecule has 3 atom stereocenters. The van der Waals surface area contributed by atoms with E-state index in [2.05, 4.69) is 30.5 Å². The van der Waals surface area contributed by atoms with E-state index in [9.17, 15) is 0 Å². The van der Waals surface area contributed by atoms with Crippen molar-refractivity contribution in [3.05, 3.63) is 46.7 Å². The minimum atomic E-state index is -0.153. The Kier molecular flexibility index (Phi) is 3.61. The molecular formula is C20H25NO3. The van der Waals surface area contributed by atoms with Crippen LogP contribution in [0.4, 0.5) is 0 Å². The molecule has 0 saturated carbocycles. The van der Waals surface area contributed by atoms with Crippen molar-refractivity contribution in [3.8, 4) is 11.5 Å². The molecule has 128 valence electrons. The molecule has 2 aliphatic carbocycles. The van der Waals surface area contributed by atoms with Gasteiger partial charge in [-0.2, -0.15) is 0 Å². The Morgan fingerprint density at radius 1 is 1.25 bits per heavy atom. The molecule has 0 amide bonds. The molecule has 0 saturated heterocycles. The smallest absolute Gasteiger partial charge is 0.169 e. The molecule has 1 N–H and O–H groups in total. The highest BCUT2D eigenvalue weighted by molar-refractivity contribution is 5.67. The van der Waals surface area contributed by atoms with Crippen molar-refractivity contribution in [1.29, 1.82) is 0 Å². The average Bonchev–Trinajstić information content (AvgIpc) is 2.96. The Hall–Kier alpha value is -1.94. The van der Waals surface area contributed by atoms with Gasteiger partial charge in [0.1, 0.15) is 5.76 Å². The Morgan fingerprint density at radius 2 is 2.08 bits per heavy atom. The maximum atomic E-state index is 6.49.